The molecule has 0 bridgehead atoms. The van der Waals surface area contributed by atoms with E-state index in [1.165, 1.54) is 38.5 Å². The molecule has 0 spiro atoms. The summed E-state index contributed by atoms with van der Waals surface area (Å²) in [5.41, 5.74) is 0.485. The van der Waals surface area contributed by atoms with Crippen molar-refractivity contribution in [2.24, 2.45) is 5.41 Å². The molecule has 0 aliphatic heterocycles. The van der Waals surface area contributed by atoms with Crippen LogP contribution in [0.1, 0.15) is 73.1 Å². The van der Waals surface area contributed by atoms with Crippen molar-refractivity contribution >= 4 is 7.85 Å². The van der Waals surface area contributed by atoms with Gasteiger partial charge in [0, 0.05) is 0 Å². The molecule has 0 atom stereocenters. The van der Waals surface area contributed by atoms with Crippen LogP contribution in [0.5, 0.6) is 0 Å². The fourth-order valence-electron chi connectivity index (χ4n) is 1.55. The lowest BCUT2D eigenvalue weighted by atomic mass is 9.54. The highest BCUT2D eigenvalue weighted by Crippen LogP contribution is 2.45. The minimum Gasteiger partial charge on any atom is -0.0667 e. The van der Waals surface area contributed by atoms with Crippen molar-refractivity contribution in [1.29, 1.82) is 0 Å². The van der Waals surface area contributed by atoms with Crippen LogP contribution in [0.2, 0.25) is 5.31 Å². The van der Waals surface area contributed by atoms with E-state index >= 15 is 0 Å². The molecule has 14 heavy (non-hydrogen) atoms. The molecule has 0 nitrogen and oxygen atoms in total. The van der Waals surface area contributed by atoms with E-state index in [0.717, 1.165) is 0 Å². The molecule has 0 aliphatic carbocycles. The molecule has 0 fully saturated rings. The average molecular weight is 196 g/mol. The Bertz CT molecular complexity index is 142. The standard InChI is InChI=1S/C13H29B/c1-6-7-8-9-10-11-12(2,3)13(4,5)14/h6-11,14H2,1-5H3. The first-order valence-electron chi connectivity index (χ1n) is 6.31. The summed E-state index contributed by atoms with van der Waals surface area (Å²) in [6.45, 7) is 11.8. The van der Waals surface area contributed by atoms with Crippen LogP contribution in [0, 0.1) is 5.41 Å². The van der Waals surface area contributed by atoms with Gasteiger partial charge in [0.05, 0.1) is 0 Å². The van der Waals surface area contributed by atoms with Crippen molar-refractivity contribution in [2.75, 3.05) is 0 Å². The van der Waals surface area contributed by atoms with Crippen molar-refractivity contribution in [3.63, 3.8) is 0 Å². The fraction of sp³-hybridized carbons (Fsp3) is 1.00. The molecule has 0 aromatic carbocycles. The Kier molecular flexibility index (Phi) is 5.85. The molecular formula is C13H29B. The third kappa shape index (κ3) is 5.07. The van der Waals surface area contributed by atoms with Crippen LogP contribution in [0.25, 0.3) is 0 Å². The zero-order valence-corrected chi connectivity index (χ0v) is 11.2. The number of unbranched alkanes of at least 4 members (excludes halogenated alkanes) is 4. The zero-order valence-electron chi connectivity index (χ0n) is 11.2. The van der Waals surface area contributed by atoms with Crippen LogP contribution in [-0.4, -0.2) is 7.85 Å². The van der Waals surface area contributed by atoms with Crippen molar-refractivity contribution in [3.05, 3.63) is 0 Å². The summed E-state index contributed by atoms with van der Waals surface area (Å²) in [7, 11) is 2.36. The normalized spacial score (nSPS) is 13.2. The molecule has 0 saturated carbocycles. The highest BCUT2D eigenvalue weighted by atomic mass is 14.3. The van der Waals surface area contributed by atoms with Gasteiger partial charge in [0.25, 0.3) is 0 Å². The highest BCUT2D eigenvalue weighted by Gasteiger charge is 2.31. The average Bonchev–Trinajstić information content (AvgIpc) is 2.02. The van der Waals surface area contributed by atoms with Gasteiger partial charge in [-0.15, -0.1) is 0 Å². The van der Waals surface area contributed by atoms with E-state index in [4.69, 9.17) is 0 Å². The summed E-state index contributed by atoms with van der Waals surface area (Å²) in [6, 6.07) is 0. The Labute approximate surface area is 92.3 Å². The molecule has 84 valence electrons. The molecule has 0 heterocycles. The summed E-state index contributed by atoms with van der Waals surface area (Å²) < 4.78 is 0. The summed E-state index contributed by atoms with van der Waals surface area (Å²) in [4.78, 5) is 0. The van der Waals surface area contributed by atoms with E-state index in [2.05, 4.69) is 42.5 Å². The molecule has 0 aliphatic rings. The van der Waals surface area contributed by atoms with E-state index in [1.54, 1.807) is 0 Å². The Morgan fingerprint density at radius 3 is 1.79 bits per heavy atom. The molecule has 0 N–H and O–H groups in total. The SMILES string of the molecule is BC(C)(C)C(C)(C)CCCCCCC. The topological polar surface area (TPSA) is 0 Å². The van der Waals surface area contributed by atoms with Crippen LogP contribution in [0.3, 0.4) is 0 Å². The van der Waals surface area contributed by atoms with E-state index in [1.807, 2.05) is 0 Å². The Balaban J connectivity index is 3.67. The lowest BCUT2D eigenvalue weighted by Crippen LogP contribution is -2.26. The zero-order chi connectivity index (χ0) is 11.2. The van der Waals surface area contributed by atoms with Gasteiger partial charge >= 0.3 is 0 Å². The minimum atomic E-state index is 0.442. The highest BCUT2D eigenvalue weighted by molar-refractivity contribution is 6.15. The van der Waals surface area contributed by atoms with E-state index < -0.39 is 0 Å². The molecule has 0 radical (unpaired) electrons. The smallest absolute Gasteiger partial charge is 0.0667 e. The third-order valence-electron chi connectivity index (χ3n) is 3.94. The predicted molar refractivity (Wildman–Crippen MR) is 69.7 cm³/mol. The molecule has 0 aromatic rings. The van der Waals surface area contributed by atoms with Gasteiger partial charge < -0.3 is 0 Å². The lowest BCUT2D eigenvalue weighted by Gasteiger charge is -2.39. The van der Waals surface area contributed by atoms with Crippen molar-refractivity contribution < 1.29 is 0 Å². The summed E-state index contributed by atoms with van der Waals surface area (Å²) >= 11 is 0. The van der Waals surface area contributed by atoms with Gasteiger partial charge in [-0.05, 0) is 11.8 Å². The Morgan fingerprint density at radius 1 is 0.857 bits per heavy atom. The monoisotopic (exact) mass is 196 g/mol. The number of rotatable bonds is 7. The van der Waals surface area contributed by atoms with Crippen LogP contribution in [-0.2, 0) is 0 Å². The largest absolute Gasteiger partial charge is 0.109 e. The first kappa shape index (κ1) is 14.1. The van der Waals surface area contributed by atoms with Gasteiger partial charge in [-0.2, -0.15) is 0 Å². The molecule has 1 heteroatoms. The van der Waals surface area contributed by atoms with Gasteiger partial charge in [-0.25, -0.2) is 0 Å². The van der Waals surface area contributed by atoms with Gasteiger partial charge in [0.1, 0.15) is 7.85 Å². The molecule has 0 aromatic heterocycles. The third-order valence-corrected chi connectivity index (χ3v) is 3.94. The maximum absolute atomic E-state index is 2.41. The molecule has 0 amide bonds. The maximum atomic E-state index is 2.41. The molecule has 0 unspecified atom stereocenters. The molecular weight excluding hydrogens is 167 g/mol. The predicted octanol–water partition coefficient (Wildman–Crippen LogP) is 4.20. The van der Waals surface area contributed by atoms with Crippen LogP contribution in [0.15, 0.2) is 0 Å². The van der Waals surface area contributed by atoms with Gasteiger partial charge in [0.2, 0.25) is 0 Å². The summed E-state index contributed by atoms with van der Waals surface area (Å²) in [6.07, 6.45) is 8.40. The lowest BCUT2D eigenvalue weighted by molar-refractivity contribution is 0.236. The van der Waals surface area contributed by atoms with Crippen LogP contribution in [0.4, 0.5) is 0 Å². The number of hydrogen-bond donors (Lipinski definition) is 0. The fourth-order valence-corrected chi connectivity index (χ4v) is 1.55. The molecule has 0 saturated heterocycles. The van der Waals surface area contributed by atoms with Crippen molar-refractivity contribution in [1.82, 2.24) is 0 Å². The Morgan fingerprint density at radius 2 is 1.36 bits per heavy atom. The number of hydrogen-bond acceptors (Lipinski definition) is 0. The van der Waals surface area contributed by atoms with Crippen molar-refractivity contribution in [2.45, 2.75) is 78.5 Å². The van der Waals surface area contributed by atoms with Crippen molar-refractivity contribution in [3.8, 4) is 0 Å². The van der Waals surface area contributed by atoms with Gasteiger partial charge in [0.15, 0.2) is 0 Å². The first-order chi connectivity index (χ1) is 6.31. The van der Waals surface area contributed by atoms with Gasteiger partial charge in [-0.3, -0.25) is 0 Å². The van der Waals surface area contributed by atoms with E-state index in [-0.39, 0.29) is 0 Å². The van der Waals surface area contributed by atoms with Crippen LogP contribution >= 0.6 is 0 Å². The maximum Gasteiger partial charge on any atom is 0.109 e. The summed E-state index contributed by atoms with van der Waals surface area (Å²) in [5.74, 6) is 0. The minimum absolute atomic E-state index is 0.442. The second-order valence-corrected chi connectivity index (χ2v) is 6.30. The Hall–Kier alpha value is 0.0649. The quantitative estimate of drug-likeness (QED) is 0.422. The molecule has 0 rings (SSSR count). The second kappa shape index (κ2) is 5.83. The van der Waals surface area contributed by atoms with Gasteiger partial charge in [-0.1, -0.05) is 72.0 Å². The van der Waals surface area contributed by atoms with E-state index in [9.17, 15) is 0 Å². The van der Waals surface area contributed by atoms with Crippen LogP contribution < -0.4 is 0 Å². The second-order valence-electron chi connectivity index (χ2n) is 6.30. The first-order valence-corrected chi connectivity index (χ1v) is 6.31. The van der Waals surface area contributed by atoms with E-state index in [0.29, 0.717) is 10.7 Å². The summed E-state index contributed by atoms with van der Waals surface area (Å²) in [5, 5.41) is 0.442.